The van der Waals surface area contributed by atoms with Crippen LogP contribution in [0.5, 0.6) is 11.5 Å². The van der Waals surface area contributed by atoms with E-state index in [1.807, 2.05) is 49.4 Å². The molecule has 0 fully saturated rings. The number of rotatable bonds is 3. The van der Waals surface area contributed by atoms with E-state index in [9.17, 15) is 4.79 Å². The van der Waals surface area contributed by atoms with Crippen LogP contribution in [0.2, 0.25) is 0 Å². The molecule has 0 unspecified atom stereocenters. The van der Waals surface area contributed by atoms with Crippen molar-refractivity contribution >= 4 is 5.91 Å². The van der Waals surface area contributed by atoms with E-state index >= 15 is 0 Å². The zero-order valence-corrected chi connectivity index (χ0v) is 15.3. The maximum Gasteiger partial charge on any atom is 0.251 e. The zero-order valence-electron chi connectivity index (χ0n) is 15.3. The van der Waals surface area contributed by atoms with Gasteiger partial charge in [0, 0.05) is 5.56 Å². The number of amides is 1. The number of benzene rings is 2. The van der Waals surface area contributed by atoms with Crippen LogP contribution in [0.3, 0.4) is 0 Å². The predicted octanol–water partition coefficient (Wildman–Crippen LogP) is 4.25. The van der Waals surface area contributed by atoms with Crippen LogP contribution in [0.1, 0.15) is 55.2 Å². The van der Waals surface area contributed by atoms with E-state index in [0.717, 1.165) is 17.1 Å². The number of hydrogen-bond donors (Lipinski definition) is 1. The minimum atomic E-state index is -0.120. The van der Waals surface area contributed by atoms with Crippen LogP contribution in [-0.4, -0.2) is 19.1 Å². The Morgan fingerprint density at radius 3 is 2.28 bits per heavy atom. The Hall–Kier alpha value is -2.49. The van der Waals surface area contributed by atoms with E-state index < -0.39 is 0 Å². The average molecular weight is 339 g/mol. The number of carbonyl (C=O) groups is 1. The molecule has 1 N–H and O–H groups in total. The summed E-state index contributed by atoms with van der Waals surface area (Å²) in [5.74, 6) is 1.41. The Bertz CT molecular complexity index is 760. The topological polar surface area (TPSA) is 47.6 Å². The van der Waals surface area contributed by atoms with Crippen molar-refractivity contribution in [3.8, 4) is 11.5 Å². The first-order valence-corrected chi connectivity index (χ1v) is 8.65. The van der Waals surface area contributed by atoms with Crippen molar-refractivity contribution in [3.05, 3.63) is 59.2 Å². The smallest absolute Gasteiger partial charge is 0.251 e. The third-order valence-corrected chi connectivity index (χ3v) is 4.43. The molecular formula is C21H25NO3. The summed E-state index contributed by atoms with van der Waals surface area (Å²) < 4.78 is 11.1. The van der Waals surface area contributed by atoms with E-state index in [0.29, 0.717) is 18.8 Å². The highest BCUT2D eigenvalue weighted by Crippen LogP contribution is 2.32. The molecule has 0 radical (unpaired) electrons. The molecule has 3 rings (SSSR count). The number of ether oxygens (including phenoxy) is 2. The van der Waals surface area contributed by atoms with Crippen molar-refractivity contribution < 1.29 is 14.3 Å². The number of hydrogen-bond acceptors (Lipinski definition) is 3. The van der Waals surface area contributed by atoms with E-state index in [1.165, 1.54) is 5.56 Å². The summed E-state index contributed by atoms with van der Waals surface area (Å²) in [6.07, 6.45) is 0. The molecule has 0 saturated heterocycles. The van der Waals surface area contributed by atoms with Gasteiger partial charge < -0.3 is 14.8 Å². The number of carbonyl (C=O) groups excluding carboxylic acids is 1. The van der Waals surface area contributed by atoms with Crippen LogP contribution >= 0.6 is 0 Å². The average Bonchev–Trinajstić information content (AvgIpc) is 2.60. The molecule has 1 amide bonds. The van der Waals surface area contributed by atoms with Crippen LogP contribution < -0.4 is 14.8 Å². The first-order chi connectivity index (χ1) is 11.8. The largest absolute Gasteiger partial charge is 0.486 e. The molecule has 2 aromatic carbocycles. The molecule has 1 atom stereocenters. The third kappa shape index (κ3) is 3.95. The summed E-state index contributed by atoms with van der Waals surface area (Å²) in [6.45, 7) is 9.57. The molecule has 1 aliphatic rings. The fraction of sp³-hybridized carbons (Fsp3) is 0.381. The predicted molar refractivity (Wildman–Crippen MR) is 98.5 cm³/mol. The molecule has 1 heterocycles. The van der Waals surface area contributed by atoms with Gasteiger partial charge in [-0.15, -0.1) is 0 Å². The Morgan fingerprint density at radius 2 is 1.64 bits per heavy atom. The Labute approximate surface area is 149 Å². The van der Waals surface area contributed by atoms with Crippen LogP contribution in [0.4, 0.5) is 0 Å². The van der Waals surface area contributed by atoms with Crippen LogP contribution in [0.15, 0.2) is 42.5 Å². The third-order valence-electron chi connectivity index (χ3n) is 4.43. The van der Waals surface area contributed by atoms with Gasteiger partial charge in [0.2, 0.25) is 0 Å². The lowest BCUT2D eigenvalue weighted by Crippen LogP contribution is -2.27. The summed E-state index contributed by atoms with van der Waals surface area (Å²) in [4.78, 5) is 12.5. The maximum atomic E-state index is 12.5. The molecule has 4 heteroatoms. The minimum absolute atomic E-state index is 0.0769. The van der Waals surface area contributed by atoms with Crippen LogP contribution in [0, 0.1) is 0 Å². The fourth-order valence-electron chi connectivity index (χ4n) is 2.81. The van der Waals surface area contributed by atoms with E-state index in [1.54, 1.807) is 0 Å². The molecular weight excluding hydrogens is 314 g/mol. The molecule has 0 bridgehead atoms. The molecule has 0 saturated carbocycles. The summed E-state index contributed by atoms with van der Waals surface area (Å²) in [5, 5.41) is 3.04. The standard InChI is InChI=1S/C21H25NO3/c1-14(16-7-10-18-19(13-16)25-12-11-24-18)22-20(23)15-5-8-17(9-6-15)21(2,3)4/h5-10,13-14H,11-12H2,1-4H3,(H,22,23)/t14-/m0/s1. The first kappa shape index (κ1) is 17.3. The van der Waals surface area contributed by atoms with Gasteiger partial charge in [-0.3, -0.25) is 4.79 Å². The molecule has 0 aromatic heterocycles. The van der Waals surface area contributed by atoms with Crippen LogP contribution in [-0.2, 0) is 5.41 Å². The van der Waals surface area contributed by atoms with Crippen molar-refractivity contribution in [2.75, 3.05) is 13.2 Å². The monoisotopic (exact) mass is 339 g/mol. The SMILES string of the molecule is C[C@H](NC(=O)c1ccc(C(C)(C)C)cc1)c1ccc2c(c1)OCCO2. The maximum absolute atomic E-state index is 12.5. The summed E-state index contributed by atoms with van der Waals surface area (Å²) >= 11 is 0. The van der Waals surface area contributed by atoms with Gasteiger partial charge in [-0.2, -0.15) is 0 Å². The normalized spacial score (nSPS) is 14.7. The summed E-state index contributed by atoms with van der Waals surface area (Å²) in [5.41, 5.74) is 2.94. The van der Waals surface area contributed by atoms with E-state index in [-0.39, 0.29) is 17.4 Å². The number of fused-ring (bicyclic) bond motifs is 1. The highest BCUT2D eigenvalue weighted by atomic mass is 16.6. The van der Waals surface area contributed by atoms with Crippen LogP contribution in [0.25, 0.3) is 0 Å². The molecule has 2 aromatic rings. The van der Waals surface area contributed by atoms with Gasteiger partial charge in [0.05, 0.1) is 6.04 Å². The molecule has 1 aliphatic heterocycles. The van der Waals surface area contributed by atoms with Crippen molar-refractivity contribution in [1.82, 2.24) is 5.32 Å². The molecule has 0 spiro atoms. The lowest BCUT2D eigenvalue weighted by Gasteiger charge is -2.21. The molecule has 4 nitrogen and oxygen atoms in total. The van der Waals surface area contributed by atoms with Gasteiger partial charge in [-0.1, -0.05) is 39.0 Å². The highest BCUT2D eigenvalue weighted by molar-refractivity contribution is 5.94. The molecule has 0 aliphatic carbocycles. The Morgan fingerprint density at radius 1 is 1.00 bits per heavy atom. The quantitative estimate of drug-likeness (QED) is 0.909. The zero-order chi connectivity index (χ0) is 18.0. The Kier molecular flexibility index (Phi) is 4.71. The van der Waals surface area contributed by atoms with Gasteiger partial charge >= 0.3 is 0 Å². The van der Waals surface area contributed by atoms with Crippen molar-refractivity contribution in [1.29, 1.82) is 0 Å². The lowest BCUT2D eigenvalue weighted by atomic mass is 9.86. The fourth-order valence-corrected chi connectivity index (χ4v) is 2.81. The number of nitrogens with one attached hydrogen (secondary N) is 1. The summed E-state index contributed by atoms with van der Waals surface area (Å²) in [6, 6.07) is 13.5. The minimum Gasteiger partial charge on any atom is -0.486 e. The van der Waals surface area contributed by atoms with Gasteiger partial charge in [0.15, 0.2) is 11.5 Å². The van der Waals surface area contributed by atoms with Gasteiger partial charge in [0.25, 0.3) is 5.91 Å². The second-order valence-electron chi connectivity index (χ2n) is 7.43. The lowest BCUT2D eigenvalue weighted by molar-refractivity contribution is 0.0939. The molecule has 132 valence electrons. The second-order valence-corrected chi connectivity index (χ2v) is 7.43. The van der Waals surface area contributed by atoms with E-state index in [2.05, 4.69) is 26.1 Å². The second kappa shape index (κ2) is 6.79. The molecule has 25 heavy (non-hydrogen) atoms. The van der Waals surface area contributed by atoms with Crippen molar-refractivity contribution in [2.45, 2.75) is 39.2 Å². The highest BCUT2D eigenvalue weighted by Gasteiger charge is 2.17. The van der Waals surface area contributed by atoms with Crippen molar-refractivity contribution in [2.24, 2.45) is 0 Å². The van der Waals surface area contributed by atoms with Gasteiger partial charge in [0.1, 0.15) is 13.2 Å². The van der Waals surface area contributed by atoms with Crippen molar-refractivity contribution in [3.63, 3.8) is 0 Å². The van der Waals surface area contributed by atoms with Gasteiger partial charge in [-0.25, -0.2) is 0 Å². The van der Waals surface area contributed by atoms with E-state index in [4.69, 9.17) is 9.47 Å². The Balaban J connectivity index is 1.70. The van der Waals surface area contributed by atoms with Gasteiger partial charge in [-0.05, 0) is 47.7 Å². The summed E-state index contributed by atoms with van der Waals surface area (Å²) in [7, 11) is 0. The first-order valence-electron chi connectivity index (χ1n) is 8.65.